The predicted molar refractivity (Wildman–Crippen MR) is 88.5 cm³/mol. The van der Waals surface area contributed by atoms with Crippen molar-refractivity contribution in [1.82, 2.24) is 9.97 Å². The van der Waals surface area contributed by atoms with Gasteiger partial charge in [-0.1, -0.05) is 36.2 Å². The van der Waals surface area contributed by atoms with E-state index >= 15 is 0 Å². The molecule has 1 fully saturated rings. The van der Waals surface area contributed by atoms with Crippen LogP contribution in [0.3, 0.4) is 0 Å². The van der Waals surface area contributed by atoms with E-state index in [1.54, 1.807) is 6.07 Å². The zero-order chi connectivity index (χ0) is 15.1. The van der Waals surface area contributed by atoms with Crippen LogP contribution in [0.1, 0.15) is 42.5 Å². The van der Waals surface area contributed by atoms with Crippen LogP contribution in [-0.4, -0.2) is 15.1 Å². The summed E-state index contributed by atoms with van der Waals surface area (Å²) in [6, 6.07) is 13.6. The summed E-state index contributed by atoms with van der Waals surface area (Å²) >= 11 is 6.15. The lowest BCUT2D eigenvalue weighted by atomic mass is 9.88. The summed E-state index contributed by atoms with van der Waals surface area (Å²) in [5.74, 6) is 1.99. The van der Waals surface area contributed by atoms with Crippen molar-refractivity contribution in [2.75, 3.05) is 0 Å². The van der Waals surface area contributed by atoms with E-state index in [1.807, 2.05) is 24.3 Å². The van der Waals surface area contributed by atoms with Gasteiger partial charge in [0.15, 0.2) is 0 Å². The zero-order valence-electron chi connectivity index (χ0n) is 12.1. The molecule has 1 heterocycles. The Bertz CT molecular complexity index is 827. The smallest absolute Gasteiger partial charge is 0.143 e. The third-order valence-corrected chi connectivity index (χ3v) is 4.89. The minimum Gasteiger partial charge on any atom is -0.506 e. The Morgan fingerprint density at radius 2 is 1.91 bits per heavy atom. The first-order chi connectivity index (χ1) is 10.7. The molecule has 2 N–H and O–H groups in total. The number of phenolic OH excluding ortho intramolecular Hbond substituents is 1. The molecule has 0 bridgehead atoms. The molecule has 1 saturated carbocycles. The number of hydrogen-bond acceptors (Lipinski definition) is 2. The lowest BCUT2D eigenvalue weighted by Crippen LogP contribution is -2.06. The lowest BCUT2D eigenvalue weighted by Gasteiger charge is -2.18. The zero-order valence-corrected chi connectivity index (χ0v) is 12.8. The highest BCUT2D eigenvalue weighted by molar-refractivity contribution is 6.30. The Hall–Kier alpha value is -2.00. The first-order valence-corrected chi connectivity index (χ1v) is 8.03. The number of rotatable bonds is 2. The van der Waals surface area contributed by atoms with Gasteiger partial charge in [0, 0.05) is 10.9 Å². The molecule has 0 spiro atoms. The van der Waals surface area contributed by atoms with Gasteiger partial charge in [-0.3, -0.25) is 0 Å². The van der Waals surface area contributed by atoms with Gasteiger partial charge < -0.3 is 10.1 Å². The molecule has 0 radical (unpaired) electrons. The van der Waals surface area contributed by atoms with Crippen molar-refractivity contribution >= 4 is 22.6 Å². The Kier molecular flexibility index (Phi) is 3.30. The molecule has 4 rings (SSSR count). The highest BCUT2D eigenvalue weighted by Gasteiger charge is 2.32. The van der Waals surface area contributed by atoms with E-state index < -0.39 is 0 Å². The Morgan fingerprint density at radius 3 is 2.73 bits per heavy atom. The quantitative estimate of drug-likeness (QED) is 0.701. The minimum atomic E-state index is 0.234. The molecule has 1 aliphatic rings. The number of imidazole rings is 1. The molecule has 1 aliphatic carbocycles. The number of nitrogens with zero attached hydrogens (tertiary/aromatic N) is 1. The fourth-order valence-electron chi connectivity index (χ4n) is 3.64. The van der Waals surface area contributed by atoms with Gasteiger partial charge in [0.05, 0.1) is 5.52 Å². The molecule has 4 heteroatoms. The molecule has 0 aliphatic heterocycles. The Labute approximate surface area is 134 Å². The van der Waals surface area contributed by atoms with Gasteiger partial charge in [-0.2, -0.15) is 0 Å². The van der Waals surface area contributed by atoms with Gasteiger partial charge in [-0.25, -0.2) is 4.98 Å². The second kappa shape index (κ2) is 5.33. The first-order valence-electron chi connectivity index (χ1n) is 7.65. The van der Waals surface area contributed by atoms with Crippen LogP contribution in [0.5, 0.6) is 5.75 Å². The van der Waals surface area contributed by atoms with Crippen molar-refractivity contribution < 1.29 is 5.11 Å². The van der Waals surface area contributed by atoms with E-state index in [0.717, 1.165) is 29.2 Å². The highest BCUT2D eigenvalue weighted by Crippen LogP contribution is 2.46. The number of phenols is 1. The van der Waals surface area contributed by atoms with E-state index in [1.165, 1.54) is 12.0 Å². The SMILES string of the molecule is Oc1cccc2[nH]c([C@H]3CCC[C@@H]3c3cccc(Cl)c3)nc12. The Balaban J connectivity index is 1.75. The average Bonchev–Trinajstić information content (AvgIpc) is 3.14. The topological polar surface area (TPSA) is 48.9 Å². The van der Waals surface area contributed by atoms with Crippen LogP contribution in [0.4, 0.5) is 0 Å². The maximum atomic E-state index is 9.95. The van der Waals surface area contributed by atoms with Gasteiger partial charge >= 0.3 is 0 Å². The monoisotopic (exact) mass is 312 g/mol. The maximum Gasteiger partial charge on any atom is 0.143 e. The van der Waals surface area contributed by atoms with E-state index in [4.69, 9.17) is 11.6 Å². The van der Waals surface area contributed by atoms with Crippen molar-refractivity contribution in [2.45, 2.75) is 31.1 Å². The summed E-state index contributed by atoms with van der Waals surface area (Å²) < 4.78 is 0. The molecular formula is C18H17ClN2O. The molecule has 1 aromatic heterocycles. The molecule has 0 unspecified atom stereocenters. The molecule has 3 nitrogen and oxygen atoms in total. The second-order valence-electron chi connectivity index (χ2n) is 5.99. The number of benzene rings is 2. The Morgan fingerprint density at radius 1 is 1.09 bits per heavy atom. The first kappa shape index (κ1) is 13.6. The van der Waals surface area contributed by atoms with Crippen LogP contribution >= 0.6 is 11.6 Å². The van der Waals surface area contributed by atoms with Crippen molar-refractivity contribution in [3.8, 4) is 5.75 Å². The molecule has 2 aromatic carbocycles. The number of para-hydroxylation sites is 1. The number of aromatic amines is 1. The normalized spacial score (nSPS) is 21.5. The lowest BCUT2D eigenvalue weighted by molar-refractivity contribution is 0.480. The molecule has 112 valence electrons. The number of fused-ring (bicyclic) bond motifs is 1. The van der Waals surface area contributed by atoms with Gasteiger partial charge in [0.1, 0.15) is 17.1 Å². The summed E-state index contributed by atoms with van der Waals surface area (Å²) in [7, 11) is 0. The number of aromatic nitrogens is 2. The number of halogens is 1. The third-order valence-electron chi connectivity index (χ3n) is 4.65. The van der Waals surface area contributed by atoms with E-state index in [0.29, 0.717) is 17.4 Å². The van der Waals surface area contributed by atoms with Crippen LogP contribution in [0.15, 0.2) is 42.5 Å². The number of aromatic hydroxyl groups is 1. The van der Waals surface area contributed by atoms with Gasteiger partial charge in [-0.15, -0.1) is 0 Å². The fraction of sp³-hybridized carbons (Fsp3) is 0.278. The molecule has 2 atom stereocenters. The van der Waals surface area contributed by atoms with E-state index in [2.05, 4.69) is 22.1 Å². The van der Waals surface area contributed by atoms with Crippen LogP contribution in [0.25, 0.3) is 11.0 Å². The van der Waals surface area contributed by atoms with Crippen LogP contribution in [-0.2, 0) is 0 Å². The van der Waals surface area contributed by atoms with Crippen LogP contribution in [0, 0.1) is 0 Å². The van der Waals surface area contributed by atoms with Gasteiger partial charge in [0.2, 0.25) is 0 Å². The highest BCUT2D eigenvalue weighted by atomic mass is 35.5. The minimum absolute atomic E-state index is 0.234. The molecule has 0 saturated heterocycles. The summed E-state index contributed by atoms with van der Waals surface area (Å²) in [4.78, 5) is 8.04. The average molecular weight is 313 g/mol. The van der Waals surface area contributed by atoms with E-state index in [9.17, 15) is 5.11 Å². The van der Waals surface area contributed by atoms with E-state index in [-0.39, 0.29) is 5.75 Å². The van der Waals surface area contributed by atoms with Crippen molar-refractivity contribution in [3.05, 3.63) is 58.9 Å². The summed E-state index contributed by atoms with van der Waals surface area (Å²) in [6.45, 7) is 0. The van der Waals surface area contributed by atoms with Gasteiger partial charge in [-0.05, 0) is 48.6 Å². The fourth-order valence-corrected chi connectivity index (χ4v) is 3.83. The predicted octanol–water partition coefficient (Wildman–Crippen LogP) is 4.97. The molecular weight excluding hydrogens is 296 g/mol. The molecule has 3 aromatic rings. The number of nitrogens with one attached hydrogen (secondary N) is 1. The van der Waals surface area contributed by atoms with Crippen LogP contribution in [0.2, 0.25) is 5.02 Å². The third kappa shape index (κ3) is 2.26. The van der Waals surface area contributed by atoms with Crippen molar-refractivity contribution in [3.63, 3.8) is 0 Å². The number of hydrogen-bond donors (Lipinski definition) is 2. The van der Waals surface area contributed by atoms with Crippen molar-refractivity contribution in [2.24, 2.45) is 0 Å². The number of H-pyrrole nitrogens is 1. The maximum absolute atomic E-state index is 9.95. The van der Waals surface area contributed by atoms with Crippen molar-refractivity contribution in [1.29, 1.82) is 0 Å². The molecule has 22 heavy (non-hydrogen) atoms. The largest absolute Gasteiger partial charge is 0.506 e. The summed E-state index contributed by atoms with van der Waals surface area (Å²) in [5.41, 5.74) is 2.83. The summed E-state index contributed by atoms with van der Waals surface area (Å²) in [5, 5.41) is 10.7. The summed E-state index contributed by atoms with van der Waals surface area (Å²) in [6.07, 6.45) is 3.44. The standard InChI is InChI=1S/C18H17ClN2O/c19-12-5-1-4-11(10-12)13-6-2-7-14(13)18-20-15-8-3-9-16(22)17(15)21-18/h1,3-5,8-10,13-14,22H,2,6-7H2,(H,20,21)/t13-,14+/m1/s1. The second-order valence-corrected chi connectivity index (χ2v) is 6.43. The van der Waals surface area contributed by atoms with Crippen LogP contribution < -0.4 is 0 Å². The van der Waals surface area contributed by atoms with Gasteiger partial charge in [0.25, 0.3) is 0 Å². The molecule has 0 amide bonds.